The van der Waals surface area contributed by atoms with Crippen molar-refractivity contribution in [3.05, 3.63) is 42.6 Å². The average Bonchev–Trinajstić information content (AvgIpc) is 3.40. The molecule has 33 heavy (non-hydrogen) atoms. The lowest BCUT2D eigenvalue weighted by molar-refractivity contribution is 0.0657. The molecule has 0 atom stereocenters. The first-order valence-electron chi connectivity index (χ1n) is 11.3. The molecule has 2 aromatic heterocycles. The van der Waals surface area contributed by atoms with Crippen LogP contribution in [0.25, 0.3) is 0 Å². The predicted molar refractivity (Wildman–Crippen MR) is 138 cm³/mol. The van der Waals surface area contributed by atoms with Crippen LogP contribution in [-0.4, -0.2) is 109 Å². The second-order valence-electron chi connectivity index (χ2n) is 7.96. The van der Waals surface area contributed by atoms with E-state index in [-0.39, 0.29) is 29.9 Å². The lowest BCUT2D eigenvalue weighted by atomic mass is 10.3. The molecule has 2 aliphatic rings. The molecule has 2 fully saturated rings. The van der Waals surface area contributed by atoms with Crippen LogP contribution in [-0.2, 0) is 0 Å². The van der Waals surface area contributed by atoms with Crippen LogP contribution >= 0.6 is 24.0 Å². The Hall–Kier alpha value is -2.41. The number of furan rings is 1. The minimum Gasteiger partial charge on any atom is -0.459 e. The van der Waals surface area contributed by atoms with E-state index in [9.17, 15) is 4.79 Å². The Morgan fingerprint density at radius 2 is 1.73 bits per heavy atom. The molecule has 0 bridgehead atoms. The SMILES string of the molecule is CN=C(NCCCN1CCN(c2ncccn2)CC1)N1CCN(C(=O)c2ccco2)CC1.I. The highest BCUT2D eigenvalue weighted by atomic mass is 127. The maximum Gasteiger partial charge on any atom is 0.289 e. The Kier molecular flexibility index (Phi) is 9.73. The second kappa shape index (κ2) is 12.7. The molecule has 11 heteroatoms. The van der Waals surface area contributed by atoms with Gasteiger partial charge in [-0.15, -0.1) is 24.0 Å². The zero-order valence-corrected chi connectivity index (χ0v) is 21.4. The summed E-state index contributed by atoms with van der Waals surface area (Å²) in [4.78, 5) is 34.3. The van der Waals surface area contributed by atoms with Crippen LogP contribution < -0.4 is 10.2 Å². The second-order valence-corrected chi connectivity index (χ2v) is 7.96. The van der Waals surface area contributed by atoms with Crippen molar-refractivity contribution in [1.29, 1.82) is 0 Å². The van der Waals surface area contributed by atoms with E-state index in [1.54, 1.807) is 24.5 Å². The number of guanidine groups is 1. The summed E-state index contributed by atoms with van der Waals surface area (Å²) in [6, 6.07) is 5.30. The zero-order valence-electron chi connectivity index (χ0n) is 19.1. The number of anilines is 1. The van der Waals surface area contributed by atoms with Crippen molar-refractivity contribution in [2.24, 2.45) is 4.99 Å². The largest absolute Gasteiger partial charge is 0.459 e. The van der Waals surface area contributed by atoms with Crippen molar-refractivity contribution in [3.8, 4) is 0 Å². The van der Waals surface area contributed by atoms with E-state index < -0.39 is 0 Å². The Bertz CT molecular complexity index is 864. The number of nitrogens with zero attached hydrogens (tertiary/aromatic N) is 7. The highest BCUT2D eigenvalue weighted by Gasteiger charge is 2.25. The molecule has 2 saturated heterocycles. The number of carbonyl (C=O) groups excluding carboxylic acids is 1. The quantitative estimate of drug-likeness (QED) is 0.241. The van der Waals surface area contributed by atoms with Gasteiger partial charge in [0.15, 0.2) is 11.7 Å². The van der Waals surface area contributed by atoms with Gasteiger partial charge in [0.1, 0.15) is 0 Å². The van der Waals surface area contributed by atoms with Gasteiger partial charge in [0.25, 0.3) is 5.91 Å². The number of hydrogen-bond donors (Lipinski definition) is 1. The van der Waals surface area contributed by atoms with Crippen molar-refractivity contribution in [2.45, 2.75) is 6.42 Å². The van der Waals surface area contributed by atoms with Gasteiger partial charge in [-0.1, -0.05) is 0 Å². The summed E-state index contributed by atoms with van der Waals surface area (Å²) < 4.78 is 5.23. The average molecular weight is 568 g/mol. The Morgan fingerprint density at radius 3 is 2.36 bits per heavy atom. The number of amides is 1. The van der Waals surface area contributed by atoms with Gasteiger partial charge in [-0.25, -0.2) is 9.97 Å². The molecule has 0 aliphatic carbocycles. The van der Waals surface area contributed by atoms with Gasteiger partial charge < -0.3 is 24.4 Å². The van der Waals surface area contributed by atoms with Crippen molar-refractivity contribution in [2.75, 3.05) is 77.4 Å². The fourth-order valence-corrected chi connectivity index (χ4v) is 4.14. The van der Waals surface area contributed by atoms with Crippen molar-refractivity contribution in [1.82, 2.24) is 30.0 Å². The van der Waals surface area contributed by atoms with E-state index in [0.29, 0.717) is 18.8 Å². The minimum atomic E-state index is -0.0449. The van der Waals surface area contributed by atoms with Crippen LogP contribution in [0.3, 0.4) is 0 Å². The molecule has 0 saturated carbocycles. The van der Waals surface area contributed by atoms with Crippen LogP contribution in [0, 0.1) is 0 Å². The first-order valence-corrected chi connectivity index (χ1v) is 11.3. The molecular formula is C22H33IN8O2. The number of halogens is 1. The summed E-state index contributed by atoms with van der Waals surface area (Å²) in [5.74, 6) is 2.08. The third-order valence-corrected chi connectivity index (χ3v) is 5.95. The van der Waals surface area contributed by atoms with E-state index in [4.69, 9.17) is 4.42 Å². The van der Waals surface area contributed by atoms with E-state index in [1.165, 1.54) is 6.26 Å². The van der Waals surface area contributed by atoms with Crippen LogP contribution in [0.2, 0.25) is 0 Å². The van der Waals surface area contributed by atoms with Gasteiger partial charge in [-0.3, -0.25) is 14.7 Å². The molecule has 180 valence electrons. The van der Waals surface area contributed by atoms with Crippen LogP contribution in [0.4, 0.5) is 5.95 Å². The van der Waals surface area contributed by atoms with Gasteiger partial charge >= 0.3 is 0 Å². The maximum absolute atomic E-state index is 12.4. The molecule has 4 heterocycles. The molecule has 0 spiro atoms. The standard InChI is InChI=1S/C22H32N8O2.HI/c1-23-21(29-16-14-28(15-17-29)20(31)19-5-2-18-32-19)24-8-4-9-27-10-12-30(13-11-27)22-25-6-3-7-26-22;/h2-3,5-7,18H,4,8-17H2,1H3,(H,23,24);1H. The number of piperazine rings is 2. The number of aromatic nitrogens is 2. The number of carbonyl (C=O) groups is 1. The molecule has 1 amide bonds. The predicted octanol–water partition coefficient (Wildman–Crippen LogP) is 1.23. The number of hydrogen-bond acceptors (Lipinski definition) is 7. The topological polar surface area (TPSA) is 93.3 Å². The smallest absolute Gasteiger partial charge is 0.289 e. The summed E-state index contributed by atoms with van der Waals surface area (Å²) in [5.41, 5.74) is 0. The molecule has 0 unspecified atom stereocenters. The van der Waals surface area contributed by atoms with Gasteiger partial charge in [0, 0.05) is 78.3 Å². The minimum absolute atomic E-state index is 0. The van der Waals surface area contributed by atoms with Crippen LogP contribution in [0.5, 0.6) is 0 Å². The van der Waals surface area contributed by atoms with Gasteiger partial charge in [0.2, 0.25) is 5.95 Å². The third kappa shape index (κ3) is 6.79. The summed E-state index contributed by atoms with van der Waals surface area (Å²) in [7, 11) is 1.81. The van der Waals surface area contributed by atoms with Gasteiger partial charge in [-0.2, -0.15) is 0 Å². The third-order valence-electron chi connectivity index (χ3n) is 5.95. The molecule has 1 N–H and O–H groups in total. The number of nitrogens with one attached hydrogen (secondary N) is 1. The molecule has 0 radical (unpaired) electrons. The summed E-state index contributed by atoms with van der Waals surface area (Å²) in [6.07, 6.45) is 6.18. The van der Waals surface area contributed by atoms with Crippen molar-refractivity contribution < 1.29 is 9.21 Å². The number of rotatable bonds is 6. The van der Waals surface area contributed by atoms with Crippen molar-refractivity contribution in [3.63, 3.8) is 0 Å². The van der Waals surface area contributed by atoms with Gasteiger partial charge in [0.05, 0.1) is 6.26 Å². The highest BCUT2D eigenvalue weighted by molar-refractivity contribution is 14.0. The molecule has 4 rings (SSSR count). The Balaban J connectivity index is 0.00000306. The molecule has 10 nitrogen and oxygen atoms in total. The summed E-state index contributed by atoms with van der Waals surface area (Å²) in [6.45, 7) is 8.74. The van der Waals surface area contributed by atoms with Crippen LogP contribution in [0.1, 0.15) is 17.0 Å². The molecule has 2 aromatic rings. The fraction of sp³-hybridized carbons (Fsp3) is 0.545. The van der Waals surface area contributed by atoms with Crippen LogP contribution in [0.15, 0.2) is 46.3 Å². The summed E-state index contributed by atoms with van der Waals surface area (Å²) >= 11 is 0. The van der Waals surface area contributed by atoms with E-state index in [0.717, 1.165) is 70.7 Å². The van der Waals surface area contributed by atoms with Crippen molar-refractivity contribution >= 4 is 41.8 Å². The lowest BCUT2D eigenvalue weighted by Gasteiger charge is -2.36. The maximum atomic E-state index is 12.4. The number of aliphatic imine (C=N–C) groups is 1. The fourth-order valence-electron chi connectivity index (χ4n) is 4.14. The molecular weight excluding hydrogens is 535 g/mol. The van der Waals surface area contributed by atoms with E-state index >= 15 is 0 Å². The normalized spacial score (nSPS) is 17.6. The zero-order chi connectivity index (χ0) is 22.2. The molecule has 2 aliphatic heterocycles. The highest BCUT2D eigenvalue weighted by Crippen LogP contribution is 2.11. The first kappa shape index (κ1) is 25.2. The van der Waals surface area contributed by atoms with E-state index in [1.807, 2.05) is 18.0 Å². The Morgan fingerprint density at radius 1 is 1.03 bits per heavy atom. The monoisotopic (exact) mass is 568 g/mol. The molecule has 0 aromatic carbocycles. The lowest BCUT2D eigenvalue weighted by Crippen LogP contribution is -2.54. The summed E-state index contributed by atoms with van der Waals surface area (Å²) in [5, 5.41) is 3.48. The van der Waals surface area contributed by atoms with E-state index in [2.05, 4.69) is 35.0 Å². The van der Waals surface area contributed by atoms with Gasteiger partial charge in [-0.05, 0) is 31.2 Å². The Labute approximate surface area is 212 Å². The first-order chi connectivity index (χ1) is 15.7.